The lowest BCUT2D eigenvalue weighted by molar-refractivity contribution is -0.121. The van der Waals surface area contributed by atoms with Crippen LogP contribution in [-0.2, 0) is 4.79 Å². The number of carbonyl (C=O) groups is 1. The van der Waals surface area contributed by atoms with E-state index in [1.54, 1.807) is 0 Å². The Bertz CT molecular complexity index is 392. The van der Waals surface area contributed by atoms with Gasteiger partial charge in [-0.2, -0.15) is 0 Å². The van der Waals surface area contributed by atoms with Crippen LogP contribution < -0.4 is 10.6 Å². The van der Waals surface area contributed by atoms with Crippen molar-refractivity contribution in [3.05, 3.63) is 34.9 Å². The van der Waals surface area contributed by atoms with Crippen molar-refractivity contribution in [2.75, 3.05) is 6.54 Å². The molecule has 0 saturated carbocycles. The third-order valence-electron chi connectivity index (χ3n) is 3.24. The lowest BCUT2D eigenvalue weighted by Gasteiger charge is -2.19. The number of benzene rings is 1. The van der Waals surface area contributed by atoms with Crippen LogP contribution in [0.25, 0.3) is 0 Å². The van der Waals surface area contributed by atoms with Crippen LogP contribution in [0.3, 0.4) is 0 Å². The molecule has 0 saturated heterocycles. The van der Waals surface area contributed by atoms with E-state index in [9.17, 15) is 4.79 Å². The van der Waals surface area contributed by atoms with E-state index in [2.05, 4.69) is 31.4 Å². The second kappa shape index (κ2) is 8.18. The molecule has 1 rings (SSSR count). The SMILES string of the molecule is CCC(C)NCC(=O)NC(CC)c1ccc(Cl)cc1. The van der Waals surface area contributed by atoms with Gasteiger partial charge in [0.15, 0.2) is 0 Å². The van der Waals surface area contributed by atoms with E-state index in [0.29, 0.717) is 17.6 Å². The molecule has 0 aliphatic rings. The first-order valence-corrected chi connectivity index (χ1v) is 7.22. The van der Waals surface area contributed by atoms with Crippen molar-refractivity contribution in [3.8, 4) is 0 Å². The van der Waals surface area contributed by atoms with E-state index in [0.717, 1.165) is 18.4 Å². The molecule has 0 spiro atoms. The van der Waals surface area contributed by atoms with E-state index in [-0.39, 0.29) is 11.9 Å². The van der Waals surface area contributed by atoms with Crippen LogP contribution in [0.15, 0.2) is 24.3 Å². The third-order valence-corrected chi connectivity index (χ3v) is 3.49. The first-order chi connectivity index (χ1) is 9.06. The Hall–Kier alpha value is -1.06. The average Bonchev–Trinajstić information content (AvgIpc) is 2.43. The Morgan fingerprint density at radius 2 is 1.84 bits per heavy atom. The first-order valence-electron chi connectivity index (χ1n) is 6.85. The zero-order valence-corrected chi connectivity index (χ0v) is 12.6. The van der Waals surface area contributed by atoms with E-state index in [4.69, 9.17) is 11.6 Å². The van der Waals surface area contributed by atoms with Gasteiger partial charge in [-0.3, -0.25) is 4.79 Å². The van der Waals surface area contributed by atoms with E-state index < -0.39 is 0 Å². The number of carbonyl (C=O) groups excluding carboxylic acids is 1. The minimum atomic E-state index is 0.0297. The Labute approximate surface area is 120 Å². The van der Waals surface area contributed by atoms with Gasteiger partial charge in [0.1, 0.15) is 0 Å². The van der Waals surface area contributed by atoms with Gasteiger partial charge >= 0.3 is 0 Å². The van der Waals surface area contributed by atoms with Gasteiger partial charge in [0.25, 0.3) is 0 Å². The molecule has 0 bridgehead atoms. The van der Waals surface area contributed by atoms with Gasteiger partial charge in [0.2, 0.25) is 5.91 Å². The molecule has 3 nitrogen and oxygen atoms in total. The smallest absolute Gasteiger partial charge is 0.234 e. The zero-order chi connectivity index (χ0) is 14.3. The fourth-order valence-corrected chi connectivity index (χ4v) is 1.90. The third kappa shape index (κ3) is 5.62. The summed E-state index contributed by atoms with van der Waals surface area (Å²) in [6, 6.07) is 8.02. The Balaban J connectivity index is 2.52. The van der Waals surface area contributed by atoms with Crippen molar-refractivity contribution in [1.82, 2.24) is 10.6 Å². The lowest BCUT2D eigenvalue weighted by atomic mass is 10.0. The predicted molar refractivity (Wildman–Crippen MR) is 80.4 cm³/mol. The van der Waals surface area contributed by atoms with E-state index in [1.807, 2.05) is 24.3 Å². The number of hydrogen-bond acceptors (Lipinski definition) is 2. The predicted octanol–water partition coefficient (Wildman–Crippen LogP) is 3.30. The molecule has 2 unspecified atom stereocenters. The molecule has 4 heteroatoms. The normalized spacial score (nSPS) is 13.9. The van der Waals surface area contributed by atoms with Gasteiger partial charge in [0.05, 0.1) is 12.6 Å². The molecular weight excluding hydrogens is 260 g/mol. The molecule has 0 fully saturated rings. The maximum atomic E-state index is 11.9. The molecule has 2 N–H and O–H groups in total. The van der Waals surface area contributed by atoms with E-state index in [1.165, 1.54) is 0 Å². The van der Waals surface area contributed by atoms with Crippen LogP contribution in [0.2, 0.25) is 5.02 Å². The molecule has 0 radical (unpaired) electrons. The minimum Gasteiger partial charge on any atom is -0.348 e. The summed E-state index contributed by atoms with van der Waals surface area (Å²) in [6.07, 6.45) is 1.87. The maximum absolute atomic E-state index is 11.9. The fourth-order valence-electron chi connectivity index (χ4n) is 1.77. The molecule has 1 aromatic rings. The summed E-state index contributed by atoms with van der Waals surface area (Å²) in [7, 11) is 0. The highest BCUT2D eigenvalue weighted by Gasteiger charge is 2.12. The second-order valence-electron chi connectivity index (χ2n) is 4.77. The lowest BCUT2D eigenvalue weighted by Crippen LogP contribution is -2.39. The summed E-state index contributed by atoms with van der Waals surface area (Å²) in [6.45, 7) is 6.59. The van der Waals surface area contributed by atoms with Crippen LogP contribution in [0.4, 0.5) is 0 Å². The first kappa shape index (κ1) is 16.0. The average molecular weight is 283 g/mol. The summed E-state index contributed by atoms with van der Waals surface area (Å²) < 4.78 is 0. The Kier molecular flexibility index (Phi) is 6.89. The van der Waals surface area contributed by atoms with Gasteiger partial charge in [0, 0.05) is 11.1 Å². The topological polar surface area (TPSA) is 41.1 Å². The van der Waals surface area contributed by atoms with Crippen LogP contribution in [0, 0.1) is 0 Å². The fraction of sp³-hybridized carbons (Fsp3) is 0.533. The monoisotopic (exact) mass is 282 g/mol. The molecule has 106 valence electrons. The molecule has 19 heavy (non-hydrogen) atoms. The molecule has 1 aromatic carbocycles. The molecule has 0 aliphatic carbocycles. The van der Waals surface area contributed by atoms with E-state index >= 15 is 0 Å². The summed E-state index contributed by atoms with van der Waals surface area (Å²) in [4.78, 5) is 11.9. The summed E-state index contributed by atoms with van der Waals surface area (Å²) >= 11 is 5.87. The molecule has 0 aliphatic heterocycles. The number of amides is 1. The Morgan fingerprint density at radius 3 is 2.37 bits per heavy atom. The number of hydrogen-bond donors (Lipinski definition) is 2. The van der Waals surface area contributed by atoms with Crippen molar-refractivity contribution in [2.45, 2.75) is 45.7 Å². The van der Waals surface area contributed by atoms with Gasteiger partial charge in [-0.1, -0.05) is 37.6 Å². The number of halogens is 1. The quantitative estimate of drug-likeness (QED) is 0.806. The standard InChI is InChI=1S/C15H23ClN2O/c1-4-11(3)17-10-15(19)18-14(5-2)12-6-8-13(16)9-7-12/h6-9,11,14,17H,4-5,10H2,1-3H3,(H,18,19). The molecular formula is C15H23ClN2O. The van der Waals surface area contributed by atoms with Crippen LogP contribution in [0.1, 0.15) is 45.2 Å². The van der Waals surface area contributed by atoms with Crippen molar-refractivity contribution in [1.29, 1.82) is 0 Å². The van der Waals surface area contributed by atoms with Crippen molar-refractivity contribution < 1.29 is 4.79 Å². The van der Waals surface area contributed by atoms with Crippen LogP contribution in [0.5, 0.6) is 0 Å². The molecule has 1 amide bonds. The second-order valence-corrected chi connectivity index (χ2v) is 5.21. The van der Waals surface area contributed by atoms with Crippen molar-refractivity contribution in [2.24, 2.45) is 0 Å². The highest BCUT2D eigenvalue weighted by Crippen LogP contribution is 2.18. The summed E-state index contributed by atoms with van der Waals surface area (Å²) in [5, 5.41) is 6.94. The van der Waals surface area contributed by atoms with Gasteiger partial charge in [-0.25, -0.2) is 0 Å². The minimum absolute atomic E-state index is 0.0297. The maximum Gasteiger partial charge on any atom is 0.234 e. The Morgan fingerprint density at radius 1 is 1.21 bits per heavy atom. The van der Waals surface area contributed by atoms with Gasteiger partial charge < -0.3 is 10.6 Å². The van der Waals surface area contributed by atoms with Crippen LogP contribution >= 0.6 is 11.6 Å². The van der Waals surface area contributed by atoms with Crippen molar-refractivity contribution in [3.63, 3.8) is 0 Å². The molecule has 0 heterocycles. The highest BCUT2D eigenvalue weighted by molar-refractivity contribution is 6.30. The largest absolute Gasteiger partial charge is 0.348 e. The van der Waals surface area contributed by atoms with Gasteiger partial charge in [-0.05, 0) is 37.5 Å². The zero-order valence-electron chi connectivity index (χ0n) is 11.9. The van der Waals surface area contributed by atoms with Crippen molar-refractivity contribution >= 4 is 17.5 Å². The van der Waals surface area contributed by atoms with Gasteiger partial charge in [-0.15, -0.1) is 0 Å². The molecule has 2 atom stereocenters. The highest BCUT2D eigenvalue weighted by atomic mass is 35.5. The number of rotatable bonds is 7. The summed E-state index contributed by atoms with van der Waals surface area (Å²) in [5.74, 6) is 0.0297. The molecule has 0 aromatic heterocycles. The van der Waals surface area contributed by atoms with Crippen LogP contribution in [-0.4, -0.2) is 18.5 Å². The summed E-state index contributed by atoms with van der Waals surface area (Å²) in [5.41, 5.74) is 1.09. The number of nitrogens with one attached hydrogen (secondary N) is 2.